The molecule has 1 aliphatic carbocycles. The fourth-order valence-corrected chi connectivity index (χ4v) is 6.22. The number of aromatic nitrogens is 4. The van der Waals surface area contributed by atoms with Crippen LogP contribution in [0.1, 0.15) is 39.3 Å². The summed E-state index contributed by atoms with van der Waals surface area (Å²) in [6.07, 6.45) is 5.58. The van der Waals surface area contributed by atoms with Crippen LogP contribution in [-0.2, 0) is 28.3 Å². The molecule has 6 rings (SSSR count). The van der Waals surface area contributed by atoms with Crippen molar-refractivity contribution in [3.63, 3.8) is 0 Å². The van der Waals surface area contributed by atoms with E-state index in [0.29, 0.717) is 34.3 Å². The largest absolute Gasteiger partial charge is 0.480 e. The average Bonchev–Trinajstić information content (AvgIpc) is 3.88. The summed E-state index contributed by atoms with van der Waals surface area (Å²) in [5, 5.41) is 12.3. The molecule has 0 spiro atoms. The molecule has 0 aliphatic heterocycles. The first kappa shape index (κ1) is 32.2. The first-order valence-corrected chi connectivity index (χ1v) is 16.0. The van der Waals surface area contributed by atoms with Crippen molar-refractivity contribution in [2.75, 3.05) is 4.72 Å². The number of benzene rings is 2. The Kier molecular flexibility index (Phi) is 8.34. The van der Waals surface area contributed by atoms with Crippen LogP contribution in [0.2, 0.25) is 0 Å². The number of halogens is 2. The topological polar surface area (TPSA) is 182 Å². The maximum absolute atomic E-state index is 15.0. The van der Waals surface area contributed by atoms with Crippen LogP contribution >= 0.6 is 0 Å². The minimum Gasteiger partial charge on any atom is -0.480 e. The number of rotatable bonds is 11. The summed E-state index contributed by atoms with van der Waals surface area (Å²) in [6.45, 7) is 0. The summed E-state index contributed by atoms with van der Waals surface area (Å²) < 4.78 is 60.5. The SMILES string of the molecule is Cn1c2cnccc2c(=O)n1-c1ccc(C[C@H](NC(=O)c2cc(F)c(NS(=O)(=O)c3ccc(C(=O)C4CC4)cc3)cc2F)C(=O)O)nc1. The minimum absolute atomic E-state index is 0.0691. The van der Waals surface area contributed by atoms with Gasteiger partial charge in [-0.3, -0.25) is 33.8 Å². The quantitative estimate of drug-likeness (QED) is 0.177. The molecule has 13 nitrogen and oxygen atoms in total. The number of ketones is 1. The van der Waals surface area contributed by atoms with Crippen molar-refractivity contribution < 1.29 is 36.7 Å². The van der Waals surface area contributed by atoms with Crippen LogP contribution in [-0.4, -0.2) is 56.6 Å². The summed E-state index contributed by atoms with van der Waals surface area (Å²) in [6, 6.07) is 8.89. The van der Waals surface area contributed by atoms with Crippen LogP contribution in [0.25, 0.3) is 16.6 Å². The van der Waals surface area contributed by atoms with Crippen molar-refractivity contribution in [2.24, 2.45) is 13.0 Å². The van der Waals surface area contributed by atoms with E-state index in [9.17, 15) is 37.1 Å². The highest BCUT2D eigenvalue weighted by Crippen LogP contribution is 2.33. The number of hydrogen-bond donors (Lipinski definition) is 3. The third-order valence-corrected chi connectivity index (χ3v) is 9.27. The van der Waals surface area contributed by atoms with Gasteiger partial charge in [-0.1, -0.05) is 12.1 Å². The van der Waals surface area contributed by atoms with Gasteiger partial charge in [0.25, 0.3) is 21.5 Å². The molecule has 1 amide bonds. The number of anilines is 1. The van der Waals surface area contributed by atoms with Crippen LogP contribution in [0.15, 0.2) is 82.9 Å². The van der Waals surface area contributed by atoms with Gasteiger partial charge in [-0.15, -0.1) is 0 Å². The zero-order chi connectivity index (χ0) is 34.3. The van der Waals surface area contributed by atoms with Crippen LogP contribution < -0.4 is 15.6 Å². The van der Waals surface area contributed by atoms with Gasteiger partial charge in [-0.2, -0.15) is 0 Å². The van der Waals surface area contributed by atoms with Gasteiger partial charge in [0.15, 0.2) is 5.78 Å². The van der Waals surface area contributed by atoms with Crippen molar-refractivity contribution >= 4 is 44.3 Å². The third-order valence-electron chi connectivity index (χ3n) is 7.88. The number of nitrogens with one attached hydrogen (secondary N) is 2. The summed E-state index contributed by atoms with van der Waals surface area (Å²) in [5.74, 6) is -5.53. The molecule has 0 unspecified atom stereocenters. The highest BCUT2D eigenvalue weighted by atomic mass is 32.2. The summed E-state index contributed by atoms with van der Waals surface area (Å²) >= 11 is 0. The minimum atomic E-state index is -4.41. The normalized spacial score (nSPS) is 13.6. The number of carbonyl (C=O) groups is 3. The second kappa shape index (κ2) is 12.4. The van der Waals surface area contributed by atoms with Crippen molar-refractivity contribution in [1.29, 1.82) is 0 Å². The molecule has 16 heteroatoms. The number of carboxylic acid groups (broad SMARTS) is 1. The van der Waals surface area contributed by atoms with E-state index in [1.165, 1.54) is 59.7 Å². The molecule has 0 saturated heterocycles. The lowest BCUT2D eigenvalue weighted by atomic mass is 10.1. The van der Waals surface area contributed by atoms with E-state index in [2.05, 4.69) is 15.3 Å². The maximum atomic E-state index is 15.0. The predicted molar refractivity (Wildman–Crippen MR) is 167 cm³/mol. The number of Topliss-reactive ketones (excluding diaryl/α,β-unsaturated/α-hetero) is 1. The number of fused-ring (bicyclic) bond motifs is 1. The molecule has 1 aliphatic rings. The van der Waals surface area contributed by atoms with Crippen molar-refractivity contribution in [3.05, 3.63) is 112 Å². The first-order valence-electron chi connectivity index (χ1n) is 14.5. The molecule has 3 aromatic heterocycles. The van der Waals surface area contributed by atoms with E-state index in [-0.39, 0.29) is 34.3 Å². The summed E-state index contributed by atoms with van der Waals surface area (Å²) in [5.41, 5.74) is -0.452. The van der Waals surface area contributed by atoms with Gasteiger partial charge >= 0.3 is 5.97 Å². The molecule has 246 valence electrons. The molecule has 1 saturated carbocycles. The second-order valence-electron chi connectivity index (χ2n) is 11.2. The Balaban J connectivity index is 1.15. The number of sulfonamides is 1. The average molecular weight is 677 g/mol. The zero-order valence-corrected chi connectivity index (χ0v) is 25.9. The molecular weight excluding hydrogens is 650 g/mol. The predicted octanol–water partition coefficient (Wildman–Crippen LogP) is 3.22. The smallest absolute Gasteiger partial charge is 0.326 e. The monoisotopic (exact) mass is 676 g/mol. The molecule has 0 radical (unpaired) electrons. The van der Waals surface area contributed by atoms with E-state index < -0.39 is 50.8 Å². The van der Waals surface area contributed by atoms with Crippen molar-refractivity contribution in [2.45, 2.75) is 30.2 Å². The first-order chi connectivity index (χ1) is 22.8. The van der Waals surface area contributed by atoms with E-state index in [1.807, 2.05) is 4.72 Å². The molecular formula is C32H26F2N6O7S. The van der Waals surface area contributed by atoms with Gasteiger partial charge in [0.2, 0.25) is 0 Å². The summed E-state index contributed by atoms with van der Waals surface area (Å²) in [7, 11) is -2.74. The number of carboxylic acids is 1. The van der Waals surface area contributed by atoms with Gasteiger partial charge in [-0.25, -0.2) is 26.7 Å². The molecule has 1 atom stereocenters. The molecule has 3 N–H and O–H groups in total. The van der Waals surface area contributed by atoms with E-state index in [4.69, 9.17) is 0 Å². The number of aliphatic carboxylic acids is 1. The number of pyridine rings is 2. The zero-order valence-electron chi connectivity index (χ0n) is 25.1. The lowest BCUT2D eigenvalue weighted by molar-refractivity contribution is -0.139. The highest BCUT2D eigenvalue weighted by Gasteiger charge is 2.31. The van der Waals surface area contributed by atoms with Gasteiger partial charge in [0, 0.05) is 42.9 Å². The summed E-state index contributed by atoms with van der Waals surface area (Å²) in [4.78, 5) is 57.9. The molecule has 1 fully saturated rings. The Labute approximate surface area is 270 Å². The number of hydrogen-bond acceptors (Lipinski definition) is 8. The van der Waals surface area contributed by atoms with Gasteiger partial charge < -0.3 is 10.4 Å². The Morgan fingerprint density at radius 1 is 1.02 bits per heavy atom. The second-order valence-corrected chi connectivity index (χ2v) is 12.9. The molecule has 2 aromatic carbocycles. The fourth-order valence-electron chi connectivity index (χ4n) is 5.16. The lowest BCUT2D eigenvalue weighted by Gasteiger charge is -2.16. The maximum Gasteiger partial charge on any atom is 0.326 e. The molecule has 5 aromatic rings. The number of nitrogens with zero attached hydrogens (tertiary/aromatic N) is 4. The van der Waals surface area contributed by atoms with E-state index in [1.54, 1.807) is 17.8 Å². The van der Waals surface area contributed by atoms with Crippen LogP contribution in [0.3, 0.4) is 0 Å². The number of aryl methyl sites for hydroxylation is 1. The van der Waals surface area contributed by atoms with Gasteiger partial charge in [-0.05, 0) is 49.2 Å². The molecule has 48 heavy (non-hydrogen) atoms. The fraction of sp³-hybridized carbons (Fsp3) is 0.188. The molecule has 3 heterocycles. The van der Waals surface area contributed by atoms with Crippen LogP contribution in [0.5, 0.6) is 0 Å². The van der Waals surface area contributed by atoms with E-state index in [0.717, 1.165) is 12.8 Å². The Hall–Kier alpha value is -5.77. The van der Waals surface area contributed by atoms with Crippen molar-refractivity contribution in [1.82, 2.24) is 24.6 Å². The molecule has 0 bridgehead atoms. The van der Waals surface area contributed by atoms with E-state index >= 15 is 4.39 Å². The van der Waals surface area contributed by atoms with Gasteiger partial charge in [0.05, 0.1) is 45.1 Å². The highest BCUT2D eigenvalue weighted by molar-refractivity contribution is 7.92. The third kappa shape index (κ3) is 6.29. The lowest BCUT2D eigenvalue weighted by Crippen LogP contribution is -2.42. The standard InChI is InChI=1S/C32H26F2N6O7S/c1-39-28-16-35-11-10-22(28)31(43)40(39)20-7-6-19(36-15-20)12-27(32(44)45)37-30(42)23-13-25(34)26(14-24(23)33)38-48(46,47)21-8-4-18(5-9-21)29(41)17-2-3-17/h4-11,13-17,27,38H,2-3,12H2,1H3,(H,37,42)(H,44,45)/t27-/m0/s1. The van der Waals surface area contributed by atoms with Crippen LogP contribution in [0, 0.1) is 17.6 Å². The number of amides is 1. The Bertz CT molecular complexity index is 2270. The van der Waals surface area contributed by atoms with Crippen LogP contribution in [0.4, 0.5) is 14.5 Å². The Morgan fingerprint density at radius 3 is 2.38 bits per heavy atom. The number of carbonyl (C=O) groups excluding carboxylic acids is 2. The van der Waals surface area contributed by atoms with Gasteiger partial charge in [0.1, 0.15) is 17.7 Å². The van der Waals surface area contributed by atoms with Crippen molar-refractivity contribution in [3.8, 4) is 5.69 Å². The Morgan fingerprint density at radius 2 is 1.75 bits per heavy atom.